The van der Waals surface area contributed by atoms with Crippen molar-refractivity contribution >= 4 is 82.4 Å². The summed E-state index contributed by atoms with van der Waals surface area (Å²) in [6, 6.07) is 96.7. The molecule has 3 heteroatoms. The van der Waals surface area contributed by atoms with Crippen molar-refractivity contribution in [2.75, 3.05) is 4.90 Å². The van der Waals surface area contributed by atoms with Crippen LogP contribution >= 0.6 is 0 Å². The van der Waals surface area contributed by atoms with E-state index in [1.165, 1.54) is 65.6 Å². The van der Waals surface area contributed by atoms with Gasteiger partial charge in [0.2, 0.25) is 0 Å². The van der Waals surface area contributed by atoms with E-state index in [0.29, 0.717) is 0 Å². The molecule has 0 radical (unpaired) electrons. The minimum Gasteiger partial charge on any atom is -0.456 e. The maximum absolute atomic E-state index is 6.37. The number of fused-ring (bicyclic) bond motifs is 9. The van der Waals surface area contributed by atoms with Gasteiger partial charge in [0, 0.05) is 44.2 Å². The molecule has 0 fully saturated rings. The van der Waals surface area contributed by atoms with Crippen molar-refractivity contribution in [2.45, 2.75) is 0 Å². The maximum atomic E-state index is 6.37. The fourth-order valence-corrected chi connectivity index (χ4v) is 11.1. The fourth-order valence-electron chi connectivity index (χ4n) is 11.1. The minimum absolute atomic E-state index is 0.886. The minimum atomic E-state index is 0.886. The van der Waals surface area contributed by atoms with Gasteiger partial charge in [-0.3, -0.25) is 0 Å². The molecule has 0 unspecified atom stereocenters. The molecular formula is C68H44N2O. The van der Waals surface area contributed by atoms with E-state index in [0.717, 1.165) is 66.9 Å². The van der Waals surface area contributed by atoms with Crippen molar-refractivity contribution in [1.29, 1.82) is 0 Å². The Morgan fingerprint density at radius 3 is 1.54 bits per heavy atom. The quantitative estimate of drug-likeness (QED) is 0.142. The molecule has 0 N–H and O–H groups in total. The zero-order valence-electron chi connectivity index (χ0n) is 38.7. The van der Waals surface area contributed by atoms with Crippen molar-refractivity contribution in [3.8, 4) is 50.2 Å². The molecule has 0 atom stereocenters. The average Bonchev–Trinajstić information content (AvgIpc) is 4.00. The molecule has 2 heterocycles. The second-order valence-electron chi connectivity index (χ2n) is 18.4. The Balaban J connectivity index is 0.852. The Morgan fingerprint density at radius 2 is 0.817 bits per heavy atom. The van der Waals surface area contributed by atoms with Crippen molar-refractivity contribution in [3.05, 3.63) is 267 Å². The monoisotopic (exact) mass is 904 g/mol. The van der Waals surface area contributed by atoms with Gasteiger partial charge in [-0.1, -0.05) is 194 Å². The zero-order valence-corrected chi connectivity index (χ0v) is 38.7. The van der Waals surface area contributed by atoms with Crippen molar-refractivity contribution in [2.24, 2.45) is 0 Å². The van der Waals surface area contributed by atoms with Crippen LogP contribution in [0.25, 0.3) is 115 Å². The molecule has 0 amide bonds. The van der Waals surface area contributed by atoms with Gasteiger partial charge >= 0.3 is 0 Å². The molecule has 14 aromatic rings. The van der Waals surface area contributed by atoms with Crippen molar-refractivity contribution < 1.29 is 4.42 Å². The topological polar surface area (TPSA) is 21.3 Å². The molecule has 0 aliphatic carbocycles. The van der Waals surface area contributed by atoms with Crippen LogP contribution in [0.5, 0.6) is 0 Å². The Labute approximate surface area is 411 Å². The summed E-state index contributed by atoms with van der Waals surface area (Å²) >= 11 is 0. The Morgan fingerprint density at radius 1 is 0.296 bits per heavy atom. The maximum Gasteiger partial charge on any atom is 0.136 e. The molecule has 0 bridgehead atoms. The number of hydrogen-bond acceptors (Lipinski definition) is 2. The molecule has 14 rings (SSSR count). The van der Waals surface area contributed by atoms with Crippen LogP contribution in [0.2, 0.25) is 0 Å². The predicted octanol–water partition coefficient (Wildman–Crippen LogP) is 19.1. The number of furan rings is 1. The van der Waals surface area contributed by atoms with Gasteiger partial charge in [0.05, 0.1) is 16.7 Å². The first-order chi connectivity index (χ1) is 35.2. The molecule has 0 aliphatic heterocycles. The van der Waals surface area contributed by atoms with E-state index in [4.69, 9.17) is 4.42 Å². The number of anilines is 3. The summed E-state index contributed by atoms with van der Waals surface area (Å²) in [5.41, 5.74) is 17.9. The number of hydrogen-bond donors (Lipinski definition) is 0. The van der Waals surface area contributed by atoms with E-state index in [1.807, 2.05) is 6.07 Å². The second-order valence-corrected chi connectivity index (χ2v) is 18.4. The van der Waals surface area contributed by atoms with E-state index in [9.17, 15) is 0 Å². The lowest BCUT2D eigenvalue weighted by molar-refractivity contribution is 0.669. The van der Waals surface area contributed by atoms with Crippen LogP contribution in [0, 0.1) is 0 Å². The molecule has 0 saturated heterocycles. The SMILES string of the molecule is c1cc(-c2cccc3oc4ccccc4c23)cc(N(c2ccc(-c3ccc(-c4ccc(-n5c6ccccc6c6ccccc65)cc4)cc3)cc2)c2ccccc2-c2cc3ccccc3c3ccccc23)c1. The predicted molar refractivity (Wildman–Crippen MR) is 299 cm³/mol. The Bertz CT molecular complexity index is 4280. The smallest absolute Gasteiger partial charge is 0.136 e. The van der Waals surface area contributed by atoms with Gasteiger partial charge < -0.3 is 13.9 Å². The summed E-state index contributed by atoms with van der Waals surface area (Å²) in [6.45, 7) is 0. The molecule has 12 aromatic carbocycles. The van der Waals surface area contributed by atoms with Crippen LogP contribution in [-0.2, 0) is 0 Å². The summed E-state index contributed by atoms with van der Waals surface area (Å²) in [7, 11) is 0. The normalized spacial score (nSPS) is 11.7. The number of aromatic nitrogens is 1. The average molecular weight is 905 g/mol. The second kappa shape index (κ2) is 16.7. The van der Waals surface area contributed by atoms with Crippen molar-refractivity contribution in [1.82, 2.24) is 4.57 Å². The lowest BCUT2D eigenvalue weighted by atomic mass is 9.92. The highest BCUT2D eigenvalue weighted by Gasteiger charge is 2.21. The number of benzene rings is 12. The van der Waals surface area contributed by atoms with Gasteiger partial charge in [0.15, 0.2) is 0 Å². The van der Waals surface area contributed by atoms with E-state index >= 15 is 0 Å². The first-order valence-corrected chi connectivity index (χ1v) is 24.3. The zero-order chi connectivity index (χ0) is 46.8. The molecule has 71 heavy (non-hydrogen) atoms. The van der Waals surface area contributed by atoms with Gasteiger partial charge in [-0.25, -0.2) is 0 Å². The molecule has 0 saturated carbocycles. The largest absolute Gasteiger partial charge is 0.456 e. The van der Waals surface area contributed by atoms with Crippen LogP contribution in [0.4, 0.5) is 17.1 Å². The summed E-state index contributed by atoms with van der Waals surface area (Å²) in [4.78, 5) is 2.42. The van der Waals surface area contributed by atoms with E-state index in [1.54, 1.807) is 0 Å². The molecule has 0 spiro atoms. The third-order valence-corrected chi connectivity index (χ3v) is 14.4. The third-order valence-electron chi connectivity index (χ3n) is 14.4. The summed E-state index contributed by atoms with van der Waals surface area (Å²) < 4.78 is 8.73. The fraction of sp³-hybridized carbons (Fsp3) is 0. The summed E-state index contributed by atoms with van der Waals surface area (Å²) in [5.74, 6) is 0. The van der Waals surface area contributed by atoms with Crippen LogP contribution < -0.4 is 4.90 Å². The Kier molecular flexibility index (Phi) is 9.53. The first kappa shape index (κ1) is 40.6. The van der Waals surface area contributed by atoms with E-state index in [2.05, 4.69) is 270 Å². The lowest BCUT2D eigenvalue weighted by Crippen LogP contribution is -2.11. The summed E-state index contributed by atoms with van der Waals surface area (Å²) in [5, 5.41) is 9.73. The van der Waals surface area contributed by atoms with Crippen LogP contribution in [0.1, 0.15) is 0 Å². The van der Waals surface area contributed by atoms with Crippen molar-refractivity contribution in [3.63, 3.8) is 0 Å². The highest BCUT2D eigenvalue weighted by atomic mass is 16.3. The number of para-hydroxylation sites is 4. The standard InChI is InChI=1S/C68H44N2O/c1-2-18-54-50(15-1)44-62(57-20-4-3-19-56(54)57)60-23-7-9-26-63(60)69(53-17-13-16-49(43-53)55-25-14-30-67-68(55)61-24-8-12-29-66(61)71-67)51-39-35-47(36-40-51)45-31-33-46(34-32-45)48-37-41-52(42-38-48)70-64-27-10-5-21-58(64)59-22-6-11-28-65(59)70/h1-44H. The van der Waals surface area contributed by atoms with Gasteiger partial charge in [-0.2, -0.15) is 0 Å². The van der Waals surface area contributed by atoms with Gasteiger partial charge in [-0.05, 0) is 133 Å². The van der Waals surface area contributed by atoms with Gasteiger partial charge in [0.1, 0.15) is 11.2 Å². The summed E-state index contributed by atoms with van der Waals surface area (Å²) in [6.07, 6.45) is 0. The number of nitrogens with zero attached hydrogens (tertiary/aromatic N) is 2. The van der Waals surface area contributed by atoms with Crippen LogP contribution in [0.3, 0.4) is 0 Å². The molecule has 0 aliphatic rings. The lowest BCUT2D eigenvalue weighted by Gasteiger charge is -2.29. The van der Waals surface area contributed by atoms with E-state index < -0.39 is 0 Å². The molecule has 2 aromatic heterocycles. The van der Waals surface area contributed by atoms with Gasteiger partial charge in [-0.15, -0.1) is 0 Å². The first-order valence-electron chi connectivity index (χ1n) is 24.3. The highest BCUT2D eigenvalue weighted by molar-refractivity contribution is 6.16. The molecule has 332 valence electrons. The highest BCUT2D eigenvalue weighted by Crippen LogP contribution is 2.46. The van der Waals surface area contributed by atoms with E-state index in [-0.39, 0.29) is 0 Å². The number of rotatable bonds is 8. The molecular weight excluding hydrogens is 861 g/mol. The van der Waals surface area contributed by atoms with Crippen LogP contribution in [-0.4, -0.2) is 4.57 Å². The van der Waals surface area contributed by atoms with Crippen LogP contribution in [0.15, 0.2) is 271 Å². The van der Waals surface area contributed by atoms with Gasteiger partial charge in [0.25, 0.3) is 0 Å². The Hall–Kier alpha value is -9.44. The third kappa shape index (κ3) is 6.82. The molecule has 3 nitrogen and oxygen atoms in total.